The minimum atomic E-state index is -0.0814. The van der Waals surface area contributed by atoms with Gasteiger partial charge in [0.1, 0.15) is 0 Å². The summed E-state index contributed by atoms with van der Waals surface area (Å²) in [6, 6.07) is 7.84. The predicted octanol–water partition coefficient (Wildman–Crippen LogP) is 2.33. The molecule has 0 N–H and O–H groups in total. The molecule has 3 aromatic rings. The lowest BCUT2D eigenvalue weighted by Gasteiger charge is -2.07. The summed E-state index contributed by atoms with van der Waals surface area (Å²) in [6.45, 7) is 3.33. The van der Waals surface area contributed by atoms with Crippen LogP contribution in [0.5, 0.6) is 0 Å². The molecule has 5 heteroatoms. The summed E-state index contributed by atoms with van der Waals surface area (Å²) in [5.74, 6) is -0.0814. The molecule has 0 aliphatic carbocycles. The highest BCUT2D eigenvalue weighted by molar-refractivity contribution is 5.94. The molecule has 0 amide bonds. The first-order valence-corrected chi connectivity index (χ1v) is 5.95. The molecule has 0 atom stereocenters. The second kappa shape index (κ2) is 4.28. The zero-order valence-electron chi connectivity index (χ0n) is 10.7. The van der Waals surface area contributed by atoms with Crippen molar-refractivity contribution in [1.82, 2.24) is 20.0 Å². The Morgan fingerprint density at radius 1 is 1.26 bits per heavy atom. The Hall–Kier alpha value is -2.56. The van der Waals surface area contributed by atoms with Crippen molar-refractivity contribution in [1.29, 1.82) is 0 Å². The number of benzene rings is 1. The van der Waals surface area contributed by atoms with E-state index in [0.717, 1.165) is 22.2 Å². The number of carbonyl (C=O) groups is 1. The number of carbonyl (C=O) groups excluding carboxylic acids is 1. The lowest BCUT2D eigenvalue weighted by Crippen LogP contribution is -2.02. The van der Waals surface area contributed by atoms with E-state index in [0.29, 0.717) is 5.69 Å². The lowest BCUT2D eigenvalue weighted by atomic mass is 10.1. The van der Waals surface area contributed by atoms with Crippen molar-refractivity contribution in [3.05, 3.63) is 48.0 Å². The van der Waals surface area contributed by atoms with Crippen molar-refractivity contribution in [2.24, 2.45) is 0 Å². The van der Waals surface area contributed by atoms with Gasteiger partial charge in [-0.2, -0.15) is 0 Å². The summed E-state index contributed by atoms with van der Waals surface area (Å²) in [6.07, 6.45) is 3.54. The van der Waals surface area contributed by atoms with Crippen LogP contribution in [0.2, 0.25) is 0 Å². The van der Waals surface area contributed by atoms with Gasteiger partial charge in [-0.05, 0) is 24.4 Å². The largest absolute Gasteiger partial charge is 0.293 e. The number of hydrogen-bond donors (Lipinski definition) is 0. The molecule has 94 valence electrons. The summed E-state index contributed by atoms with van der Waals surface area (Å²) in [5.41, 5.74) is 2.02. The first-order chi connectivity index (χ1) is 9.18. The number of rotatable bonds is 2. The van der Waals surface area contributed by atoms with Crippen molar-refractivity contribution in [3.8, 4) is 5.69 Å². The average molecular weight is 252 g/mol. The maximum Gasteiger partial charge on any atom is 0.181 e. The SMILES string of the molecule is CC(=O)c1nnn(-c2cccc3ccncc23)c1C. The highest BCUT2D eigenvalue weighted by atomic mass is 16.1. The van der Waals surface area contributed by atoms with Gasteiger partial charge in [0, 0.05) is 24.7 Å². The van der Waals surface area contributed by atoms with Crippen LogP contribution < -0.4 is 0 Å². The van der Waals surface area contributed by atoms with E-state index in [4.69, 9.17) is 0 Å². The van der Waals surface area contributed by atoms with Gasteiger partial charge < -0.3 is 0 Å². The average Bonchev–Trinajstić information content (AvgIpc) is 2.80. The van der Waals surface area contributed by atoms with E-state index in [9.17, 15) is 4.79 Å². The highest BCUT2D eigenvalue weighted by Gasteiger charge is 2.14. The van der Waals surface area contributed by atoms with Gasteiger partial charge in [-0.3, -0.25) is 9.78 Å². The molecule has 0 aliphatic rings. The molecule has 0 saturated heterocycles. The quantitative estimate of drug-likeness (QED) is 0.657. The molecule has 5 nitrogen and oxygen atoms in total. The first kappa shape index (κ1) is 11.5. The van der Waals surface area contributed by atoms with E-state index in [1.807, 2.05) is 31.2 Å². The normalized spacial score (nSPS) is 10.8. The molecule has 1 aromatic carbocycles. The van der Waals surface area contributed by atoms with Gasteiger partial charge >= 0.3 is 0 Å². The van der Waals surface area contributed by atoms with Gasteiger partial charge in [-0.1, -0.05) is 17.3 Å². The smallest absolute Gasteiger partial charge is 0.181 e. The zero-order valence-corrected chi connectivity index (χ0v) is 10.7. The molecule has 0 spiro atoms. The van der Waals surface area contributed by atoms with Gasteiger partial charge in [-0.15, -0.1) is 5.10 Å². The van der Waals surface area contributed by atoms with Crippen LogP contribution in [0.1, 0.15) is 23.1 Å². The maximum atomic E-state index is 11.4. The molecule has 2 heterocycles. The van der Waals surface area contributed by atoms with Gasteiger partial charge in [0.2, 0.25) is 0 Å². The summed E-state index contributed by atoms with van der Waals surface area (Å²) < 4.78 is 1.68. The van der Waals surface area contributed by atoms with Gasteiger partial charge in [0.05, 0.1) is 11.4 Å². The van der Waals surface area contributed by atoms with Crippen molar-refractivity contribution in [2.45, 2.75) is 13.8 Å². The molecular weight excluding hydrogens is 240 g/mol. The van der Waals surface area contributed by atoms with E-state index >= 15 is 0 Å². The monoisotopic (exact) mass is 252 g/mol. The molecule has 3 rings (SSSR count). The first-order valence-electron chi connectivity index (χ1n) is 5.95. The number of nitrogens with zero attached hydrogens (tertiary/aromatic N) is 4. The number of hydrogen-bond acceptors (Lipinski definition) is 4. The molecule has 19 heavy (non-hydrogen) atoms. The topological polar surface area (TPSA) is 60.7 Å². The third-order valence-electron chi connectivity index (χ3n) is 3.12. The van der Waals surface area contributed by atoms with Crippen molar-refractivity contribution < 1.29 is 4.79 Å². The van der Waals surface area contributed by atoms with E-state index in [1.54, 1.807) is 17.1 Å². The van der Waals surface area contributed by atoms with Crippen LogP contribution in [0.3, 0.4) is 0 Å². The Kier molecular flexibility index (Phi) is 2.59. The van der Waals surface area contributed by atoms with Crippen LogP contribution in [0, 0.1) is 6.92 Å². The second-order valence-electron chi connectivity index (χ2n) is 4.37. The summed E-state index contributed by atoms with van der Waals surface area (Å²) in [5, 5.41) is 10.1. The van der Waals surface area contributed by atoms with E-state index in [1.165, 1.54) is 6.92 Å². The Bertz CT molecular complexity index is 771. The number of aromatic nitrogens is 4. The number of ketones is 1. The van der Waals surface area contributed by atoms with E-state index in [-0.39, 0.29) is 5.78 Å². The van der Waals surface area contributed by atoms with Crippen LogP contribution in [0.25, 0.3) is 16.5 Å². The van der Waals surface area contributed by atoms with Gasteiger partial charge in [0.25, 0.3) is 0 Å². The highest BCUT2D eigenvalue weighted by Crippen LogP contribution is 2.22. The fraction of sp³-hybridized carbons (Fsp3) is 0.143. The fourth-order valence-electron chi connectivity index (χ4n) is 2.17. The summed E-state index contributed by atoms with van der Waals surface area (Å²) in [7, 11) is 0. The third-order valence-corrected chi connectivity index (χ3v) is 3.12. The Morgan fingerprint density at radius 2 is 2.11 bits per heavy atom. The summed E-state index contributed by atoms with van der Waals surface area (Å²) >= 11 is 0. The Morgan fingerprint density at radius 3 is 2.84 bits per heavy atom. The lowest BCUT2D eigenvalue weighted by molar-refractivity contribution is 0.101. The molecule has 0 fully saturated rings. The number of fused-ring (bicyclic) bond motifs is 1. The molecule has 0 saturated carbocycles. The maximum absolute atomic E-state index is 11.4. The number of Topliss-reactive ketones (excluding diaryl/α,β-unsaturated/α-hetero) is 1. The van der Waals surface area contributed by atoms with E-state index < -0.39 is 0 Å². The van der Waals surface area contributed by atoms with Crippen LogP contribution in [-0.4, -0.2) is 25.8 Å². The van der Waals surface area contributed by atoms with Gasteiger partial charge in [-0.25, -0.2) is 4.68 Å². The standard InChI is InChI=1S/C14H12N4O/c1-9-14(10(2)19)16-17-18(9)13-5-3-4-11-6-7-15-8-12(11)13/h3-8H,1-2H3. The van der Waals surface area contributed by atoms with Crippen molar-refractivity contribution in [3.63, 3.8) is 0 Å². The molecule has 0 unspecified atom stereocenters. The van der Waals surface area contributed by atoms with Crippen LogP contribution in [0.4, 0.5) is 0 Å². The Labute approximate surface area is 109 Å². The molecule has 0 bridgehead atoms. The van der Waals surface area contributed by atoms with Crippen LogP contribution in [0.15, 0.2) is 36.7 Å². The minimum absolute atomic E-state index is 0.0814. The van der Waals surface area contributed by atoms with Crippen molar-refractivity contribution in [2.75, 3.05) is 0 Å². The number of pyridine rings is 1. The van der Waals surface area contributed by atoms with Crippen LogP contribution in [-0.2, 0) is 0 Å². The van der Waals surface area contributed by atoms with E-state index in [2.05, 4.69) is 15.3 Å². The molecule has 2 aromatic heterocycles. The zero-order chi connectivity index (χ0) is 13.4. The van der Waals surface area contributed by atoms with Crippen molar-refractivity contribution >= 4 is 16.6 Å². The van der Waals surface area contributed by atoms with Gasteiger partial charge in [0.15, 0.2) is 11.5 Å². The Balaban J connectivity index is 2.28. The second-order valence-corrected chi connectivity index (χ2v) is 4.37. The minimum Gasteiger partial charge on any atom is -0.293 e. The molecule has 0 aliphatic heterocycles. The summed E-state index contributed by atoms with van der Waals surface area (Å²) in [4.78, 5) is 15.6. The third kappa shape index (κ3) is 1.79. The predicted molar refractivity (Wildman–Crippen MR) is 71.4 cm³/mol. The fourth-order valence-corrected chi connectivity index (χ4v) is 2.17. The molecule has 0 radical (unpaired) electrons. The molecular formula is C14H12N4O. The van der Waals surface area contributed by atoms with Crippen LogP contribution >= 0.6 is 0 Å².